The van der Waals surface area contributed by atoms with Crippen molar-refractivity contribution in [3.8, 4) is 11.6 Å². The van der Waals surface area contributed by atoms with Crippen molar-refractivity contribution in [1.82, 2.24) is 14.8 Å². The lowest BCUT2D eigenvalue weighted by Gasteiger charge is -2.47. The fourth-order valence-corrected chi connectivity index (χ4v) is 6.89. The Morgan fingerprint density at radius 3 is 2.46 bits per heavy atom. The monoisotopic (exact) mass is 639 g/mol. The van der Waals surface area contributed by atoms with Gasteiger partial charge in [-0.1, -0.05) is 85.6 Å². The molecule has 1 fully saturated rings. The Hall–Kier alpha value is -3.91. The van der Waals surface area contributed by atoms with Gasteiger partial charge in [0.25, 0.3) is 0 Å². The number of carboxylic acid groups (broad SMARTS) is 1. The third kappa shape index (κ3) is 7.22. The largest absolute Gasteiger partial charge is 0.482 e. The van der Waals surface area contributed by atoms with Crippen LogP contribution in [0.2, 0.25) is 5.02 Å². The van der Waals surface area contributed by atoms with E-state index >= 15 is 0 Å². The molecule has 2 unspecified atom stereocenters. The van der Waals surface area contributed by atoms with Gasteiger partial charge in [0.05, 0.1) is 6.20 Å². The molecule has 1 aliphatic heterocycles. The van der Waals surface area contributed by atoms with Crippen molar-refractivity contribution in [2.45, 2.75) is 51.4 Å². The molecule has 2 atom stereocenters. The number of aliphatic carboxylic acids is 1. The van der Waals surface area contributed by atoms with E-state index in [1.807, 2.05) is 60.7 Å². The Bertz CT molecular complexity index is 1590. The number of pyridine rings is 1. The minimum atomic E-state index is -1.33. The fourth-order valence-electron chi connectivity index (χ4n) is 6.76. The lowest BCUT2D eigenvalue weighted by atomic mass is 9.72. The predicted octanol–water partition coefficient (Wildman–Crippen LogP) is 7.29. The number of nitrogens with zero attached hydrogens (tertiary/aromatic N) is 3. The number of ether oxygens (including phenoxy) is 2. The van der Waals surface area contributed by atoms with Gasteiger partial charge in [0.2, 0.25) is 5.88 Å². The molecule has 240 valence electrons. The van der Waals surface area contributed by atoms with Crippen LogP contribution in [0.4, 0.5) is 0 Å². The molecule has 0 bridgehead atoms. The van der Waals surface area contributed by atoms with Gasteiger partial charge in [-0.2, -0.15) is 0 Å². The average Bonchev–Trinajstić information content (AvgIpc) is 3.06. The smallest absolute Gasteiger partial charge is 0.332 e. The molecule has 46 heavy (non-hydrogen) atoms. The summed E-state index contributed by atoms with van der Waals surface area (Å²) in [6.07, 6.45) is 11.4. The molecule has 1 aromatic heterocycles. The molecule has 2 aromatic carbocycles. The Labute approximate surface area is 276 Å². The highest BCUT2D eigenvalue weighted by Crippen LogP contribution is 2.43. The van der Waals surface area contributed by atoms with Crippen LogP contribution >= 0.6 is 11.6 Å². The molecule has 1 saturated heterocycles. The van der Waals surface area contributed by atoms with Crippen LogP contribution in [0, 0.1) is 5.41 Å². The molecule has 2 heterocycles. The second kappa shape index (κ2) is 13.8. The minimum Gasteiger partial charge on any atom is -0.482 e. The highest BCUT2D eigenvalue weighted by molar-refractivity contribution is 6.30. The zero-order chi connectivity index (χ0) is 32.1. The number of benzene rings is 2. The third-order valence-corrected chi connectivity index (χ3v) is 9.67. The lowest BCUT2D eigenvalue weighted by molar-refractivity contribution is -0.154. The Balaban J connectivity index is 1.13. The number of allylic oxidation sites excluding steroid dienone is 3. The fraction of sp³-hybridized carbons (Fsp3) is 0.368. The summed E-state index contributed by atoms with van der Waals surface area (Å²) in [6, 6.07) is 21.7. The lowest BCUT2D eigenvalue weighted by Crippen LogP contribution is -2.66. The molecule has 1 N–H and O–H groups in total. The number of piperazine rings is 1. The molecule has 3 aromatic rings. The second-order valence-corrected chi connectivity index (χ2v) is 13.6. The first-order valence-corrected chi connectivity index (χ1v) is 16.4. The zero-order valence-electron chi connectivity index (χ0n) is 26.6. The van der Waals surface area contributed by atoms with Crippen molar-refractivity contribution in [3.05, 3.63) is 119 Å². The van der Waals surface area contributed by atoms with E-state index in [0.717, 1.165) is 49.5 Å². The summed E-state index contributed by atoms with van der Waals surface area (Å²) in [5, 5.41) is 11.4. The Morgan fingerprint density at radius 2 is 1.76 bits per heavy atom. The van der Waals surface area contributed by atoms with Gasteiger partial charge in [-0.05, 0) is 71.7 Å². The van der Waals surface area contributed by atoms with Gasteiger partial charge >= 0.3 is 5.97 Å². The highest BCUT2D eigenvalue weighted by atomic mass is 35.5. The maximum absolute atomic E-state index is 13.1. The van der Waals surface area contributed by atoms with Gasteiger partial charge in [0.15, 0.2) is 5.54 Å². The third-order valence-electron chi connectivity index (χ3n) is 9.41. The van der Waals surface area contributed by atoms with Crippen LogP contribution in [0.1, 0.15) is 44.2 Å². The van der Waals surface area contributed by atoms with Crippen molar-refractivity contribution < 1.29 is 19.4 Å². The van der Waals surface area contributed by atoms with E-state index in [4.69, 9.17) is 21.1 Å². The van der Waals surface area contributed by atoms with Crippen LogP contribution in [-0.2, 0) is 11.4 Å². The minimum absolute atomic E-state index is 0.256. The van der Waals surface area contributed by atoms with E-state index in [2.05, 4.69) is 40.8 Å². The molecule has 0 spiro atoms. The molecule has 2 aliphatic carbocycles. The second-order valence-electron chi connectivity index (χ2n) is 13.2. The van der Waals surface area contributed by atoms with E-state index in [-0.39, 0.29) is 5.41 Å². The molecule has 7 nitrogen and oxygen atoms in total. The summed E-state index contributed by atoms with van der Waals surface area (Å²) in [7, 11) is 0. The molecule has 0 amide bonds. The highest BCUT2D eigenvalue weighted by Gasteiger charge is 2.51. The number of hydrogen-bond donors (Lipinski definition) is 1. The van der Waals surface area contributed by atoms with Crippen LogP contribution in [0.3, 0.4) is 0 Å². The van der Waals surface area contributed by atoms with Crippen LogP contribution in [0.15, 0.2) is 103 Å². The molecule has 3 aliphatic rings. The normalized spacial score (nSPS) is 23.3. The summed E-state index contributed by atoms with van der Waals surface area (Å²) >= 11 is 6.21. The van der Waals surface area contributed by atoms with E-state index in [1.54, 1.807) is 24.4 Å². The van der Waals surface area contributed by atoms with Crippen molar-refractivity contribution in [2.75, 3.05) is 32.7 Å². The quantitative estimate of drug-likeness (QED) is 0.250. The Kier molecular flexibility index (Phi) is 9.64. The SMILES string of the molecule is CC1(C)CCC(CN2CCN(C3(C(=O)O)C=CC=CC3Oc3ccc(OCc4ccccc4)nc3)CC2)=C(c2ccc(Cl)cc2)C1. The van der Waals surface area contributed by atoms with Gasteiger partial charge < -0.3 is 14.6 Å². The van der Waals surface area contributed by atoms with Gasteiger partial charge in [0, 0.05) is 43.8 Å². The first-order valence-electron chi connectivity index (χ1n) is 16.0. The van der Waals surface area contributed by atoms with Crippen LogP contribution in [0.5, 0.6) is 11.6 Å². The van der Waals surface area contributed by atoms with Crippen LogP contribution in [-0.4, -0.2) is 70.2 Å². The summed E-state index contributed by atoms with van der Waals surface area (Å²) in [6.45, 7) is 8.77. The first kappa shape index (κ1) is 32.0. The molecule has 0 radical (unpaired) electrons. The number of carboxylic acids is 1. The molecule has 6 rings (SSSR count). The summed E-state index contributed by atoms with van der Waals surface area (Å²) in [5.74, 6) is 0.0412. The van der Waals surface area contributed by atoms with E-state index in [1.165, 1.54) is 16.7 Å². The van der Waals surface area contributed by atoms with E-state index in [9.17, 15) is 9.90 Å². The maximum atomic E-state index is 13.1. The van der Waals surface area contributed by atoms with Crippen molar-refractivity contribution in [2.24, 2.45) is 5.41 Å². The molecule has 0 saturated carbocycles. The maximum Gasteiger partial charge on any atom is 0.332 e. The molecule has 8 heteroatoms. The van der Waals surface area contributed by atoms with Crippen molar-refractivity contribution in [1.29, 1.82) is 0 Å². The summed E-state index contributed by atoms with van der Waals surface area (Å²) < 4.78 is 12.1. The summed E-state index contributed by atoms with van der Waals surface area (Å²) in [5.41, 5.74) is 4.14. The van der Waals surface area contributed by atoms with Crippen LogP contribution < -0.4 is 9.47 Å². The topological polar surface area (TPSA) is 75.1 Å². The van der Waals surface area contributed by atoms with E-state index < -0.39 is 17.6 Å². The Morgan fingerprint density at radius 1 is 1.00 bits per heavy atom. The predicted molar refractivity (Wildman–Crippen MR) is 182 cm³/mol. The van der Waals surface area contributed by atoms with Crippen molar-refractivity contribution >= 4 is 23.1 Å². The van der Waals surface area contributed by atoms with Crippen LogP contribution in [0.25, 0.3) is 5.57 Å². The molecular weight excluding hydrogens is 598 g/mol. The number of carbonyl (C=O) groups is 1. The van der Waals surface area contributed by atoms with Gasteiger partial charge in [-0.25, -0.2) is 9.78 Å². The van der Waals surface area contributed by atoms with Crippen molar-refractivity contribution in [3.63, 3.8) is 0 Å². The number of halogens is 1. The first-order chi connectivity index (χ1) is 22.2. The van der Waals surface area contributed by atoms with Gasteiger partial charge in [-0.15, -0.1) is 0 Å². The van der Waals surface area contributed by atoms with Gasteiger partial charge in [-0.3, -0.25) is 9.80 Å². The zero-order valence-corrected chi connectivity index (χ0v) is 27.3. The molecular formula is C38H42ClN3O4. The standard InChI is InChI=1S/C38H42ClN3O4/c1-37(2)19-17-30(33(24-37)29-11-13-31(39)14-12-29)26-41-20-22-42(23-21-41)38(36(43)44)18-7-6-10-34(38)46-32-15-16-35(40-25-32)45-27-28-8-4-3-5-9-28/h3-16,18,25,34H,17,19-24,26-27H2,1-2H3,(H,43,44). The average molecular weight is 640 g/mol. The van der Waals surface area contributed by atoms with Gasteiger partial charge in [0.1, 0.15) is 18.5 Å². The number of hydrogen-bond acceptors (Lipinski definition) is 6. The number of aromatic nitrogens is 1. The number of rotatable bonds is 10. The summed E-state index contributed by atoms with van der Waals surface area (Å²) in [4.78, 5) is 22.0. The van der Waals surface area contributed by atoms with E-state index in [0.29, 0.717) is 31.3 Å².